The van der Waals surface area contributed by atoms with E-state index >= 15 is 0 Å². The highest BCUT2D eigenvalue weighted by Crippen LogP contribution is 2.31. The van der Waals surface area contributed by atoms with Crippen LogP contribution in [0.5, 0.6) is 0 Å². The number of nitrogens with zero attached hydrogens (tertiary/aromatic N) is 4. The van der Waals surface area contributed by atoms with Crippen molar-refractivity contribution in [2.24, 2.45) is 0 Å². The summed E-state index contributed by atoms with van der Waals surface area (Å²) in [6.45, 7) is 6.00. The summed E-state index contributed by atoms with van der Waals surface area (Å²) in [6.07, 6.45) is 4.62. The molecule has 0 aliphatic carbocycles. The summed E-state index contributed by atoms with van der Waals surface area (Å²) in [5.41, 5.74) is 8.40. The second-order valence-electron chi connectivity index (χ2n) is 7.53. The van der Waals surface area contributed by atoms with Gasteiger partial charge in [0, 0.05) is 42.4 Å². The summed E-state index contributed by atoms with van der Waals surface area (Å²) in [5.74, 6) is 1.01. The van der Waals surface area contributed by atoms with E-state index in [1.807, 2.05) is 6.20 Å². The molecule has 1 aliphatic rings. The van der Waals surface area contributed by atoms with Gasteiger partial charge in [0.05, 0.1) is 5.52 Å². The fourth-order valence-corrected chi connectivity index (χ4v) is 4.06. The van der Waals surface area contributed by atoms with Gasteiger partial charge in [-0.3, -0.25) is 4.98 Å². The lowest BCUT2D eigenvalue weighted by molar-refractivity contribution is 0.705. The number of aromatic nitrogens is 3. The second-order valence-corrected chi connectivity index (χ2v) is 7.53. The molecule has 1 aliphatic heterocycles. The SMILES string of the molecule is Cc1ccc2ncnc(N3CCc4ncc(-c5ccccc5C)cc4C3)c2c1. The number of pyridine rings is 1. The molecule has 0 saturated carbocycles. The van der Waals surface area contributed by atoms with Gasteiger partial charge in [-0.1, -0.05) is 35.9 Å². The summed E-state index contributed by atoms with van der Waals surface area (Å²) in [7, 11) is 0. The van der Waals surface area contributed by atoms with Crippen LogP contribution in [-0.2, 0) is 13.0 Å². The highest BCUT2D eigenvalue weighted by atomic mass is 15.2. The minimum atomic E-state index is 0.822. The minimum Gasteiger partial charge on any atom is -0.351 e. The second kappa shape index (κ2) is 6.71. The molecule has 2 aromatic heterocycles. The van der Waals surface area contributed by atoms with Crippen molar-refractivity contribution in [2.75, 3.05) is 11.4 Å². The first-order valence-corrected chi connectivity index (χ1v) is 9.69. The normalized spacial score (nSPS) is 13.6. The molecule has 0 amide bonds. The topological polar surface area (TPSA) is 41.9 Å². The molecule has 4 aromatic rings. The van der Waals surface area contributed by atoms with E-state index in [1.165, 1.54) is 33.5 Å². The highest BCUT2D eigenvalue weighted by Gasteiger charge is 2.21. The molecule has 0 spiro atoms. The van der Waals surface area contributed by atoms with E-state index in [0.717, 1.165) is 36.2 Å². The first kappa shape index (κ1) is 16.9. The third kappa shape index (κ3) is 2.91. The number of hydrogen-bond donors (Lipinski definition) is 0. The molecule has 138 valence electrons. The summed E-state index contributed by atoms with van der Waals surface area (Å²) >= 11 is 0. The molecule has 3 heterocycles. The van der Waals surface area contributed by atoms with Crippen molar-refractivity contribution in [1.82, 2.24) is 15.0 Å². The van der Waals surface area contributed by atoms with Crippen LogP contribution in [0, 0.1) is 13.8 Å². The van der Waals surface area contributed by atoms with Crippen molar-refractivity contribution in [3.05, 3.63) is 83.4 Å². The van der Waals surface area contributed by atoms with Crippen LogP contribution in [0.1, 0.15) is 22.4 Å². The largest absolute Gasteiger partial charge is 0.351 e. The monoisotopic (exact) mass is 366 g/mol. The molecule has 0 fully saturated rings. The van der Waals surface area contributed by atoms with Gasteiger partial charge in [-0.05, 0) is 48.7 Å². The Morgan fingerprint density at radius 2 is 1.82 bits per heavy atom. The molecule has 2 aromatic carbocycles. The Bertz CT molecular complexity index is 1180. The smallest absolute Gasteiger partial charge is 0.140 e. The Balaban J connectivity index is 1.54. The number of anilines is 1. The van der Waals surface area contributed by atoms with Crippen molar-refractivity contribution in [3.8, 4) is 11.1 Å². The first-order valence-electron chi connectivity index (χ1n) is 9.69. The third-order valence-corrected chi connectivity index (χ3v) is 5.57. The summed E-state index contributed by atoms with van der Waals surface area (Å²) < 4.78 is 0. The zero-order valence-electron chi connectivity index (χ0n) is 16.2. The standard InChI is InChI=1S/C24H22N4/c1-16-7-8-23-21(11-16)24(27-15-26-23)28-10-9-22-19(14-28)12-18(13-25-22)20-6-4-3-5-17(20)2/h3-8,11-13,15H,9-10,14H2,1-2H3. The summed E-state index contributed by atoms with van der Waals surface area (Å²) in [6, 6.07) is 17.1. The van der Waals surface area contributed by atoms with Crippen LogP contribution < -0.4 is 4.90 Å². The third-order valence-electron chi connectivity index (χ3n) is 5.57. The molecular formula is C24H22N4. The lowest BCUT2D eigenvalue weighted by Gasteiger charge is -2.30. The molecule has 5 rings (SSSR count). The Kier molecular flexibility index (Phi) is 4.05. The van der Waals surface area contributed by atoms with Gasteiger partial charge in [-0.2, -0.15) is 0 Å². The molecule has 0 atom stereocenters. The average molecular weight is 366 g/mol. The van der Waals surface area contributed by atoms with Crippen molar-refractivity contribution < 1.29 is 0 Å². The zero-order valence-corrected chi connectivity index (χ0v) is 16.2. The van der Waals surface area contributed by atoms with Gasteiger partial charge < -0.3 is 4.90 Å². The Morgan fingerprint density at radius 3 is 2.71 bits per heavy atom. The Hall–Kier alpha value is -3.27. The average Bonchev–Trinajstić information content (AvgIpc) is 2.73. The van der Waals surface area contributed by atoms with Crippen LogP contribution in [0.15, 0.2) is 61.1 Å². The number of benzene rings is 2. The van der Waals surface area contributed by atoms with Crippen LogP contribution in [0.3, 0.4) is 0 Å². The maximum Gasteiger partial charge on any atom is 0.140 e. The van der Waals surface area contributed by atoms with E-state index in [4.69, 9.17) is 4.98 Å². The first-order chi connectivity index (χ1) is 13.7. The molecule has 0 N–H and O–H groups in total. The number of fused-ring (bicyclic) bond motifs is 2. The van der Waals surface area contributed by atoms with E-state index in [0.29, 0.717) is 0 Å². The minimum absolute atomic E-state index is 0.822. The van der Waals surface area contributed by atoms with E-state index in [-0.39, 0.29) is 0 Å². The van der Waals surface area contributed by atoms with E-state index in [9.17, 15) is 0 Å². The van der Waals surface area contributed by atoms with Gasteiger partial charge in [0.2, 0.25) is 0 Å². The Morgan fingerprint density at radius 1 is 0.929 bits per heavy atom. The maximum atomic E-state index is 4.78. The lowest BCUT2D eigenvalue weighted by atomic mass is 9.97. The molecule has 0 radical (unpaired) electrons. The van der Waals surface area contributed by atoms with Crippen molar-refractivity contribution in [1.29, 1.82) is 0 Å². The number of hydrogen-bond acceptors (Lipinski definition) is 4. The predicted molar refractivity (Wildman–Crippen MR) is 113 cm³/mol. The zero-order chi connectivity index (χ0) is 19.1. The van der Waals surface area contributed by atoms with Crippen molar-refractivity contribution in [3.63, 3.8) is 0 Å². The molecule has 28 heavy (non-hydrogen) atoms. The quantitative estimate of drug-likeness (QED) is 0.507. The summed E-state index contributed by atoms with van der Waals surface area (Å²) in [5, 5.41) is 1.12. The van der Waals surface area contributed by atoms with Crippen LogP contribution in [-0.4, -0.2) is 21.5 Å². The molecule has 4 nitrogen and oxygen atoms in total. The van der Waals surface area contributed by atoms with Gasteiger partial charge in [-0.25, -0.2) is 9.97 Å². The van der Waals surface area contributed by atoms with Gasteiger partial charge in [0.1, 0.15) is 12.1 Å². The van der Waals surface area contributed by atoms with Crippen LogP contribution in [0.25, 0.3) is 22.0 Å². The highest BCUT2D eigenvalue weighted by molar-refractivity contribution is 5.90. The van der Waals surface area contributed by atoms with Crippen molar-refractivity contribution >= 4 is 16.7 Å². The van der Waals surface area contributed by atoms with Gasteiger partial charge in [0.25, 0.3) is 0 Å². The fourth-order valence-electron chi connectivity index (χ4n) is 4.06. The van der Waals surface area contributed by atoms with E-state index in [1.54, 1.807) is 6.33 Å². The molecular weight excluding hydrogens is 344 g/mol. The molecule has 0 bridgehead atoms. The van der Waals surface area contributed by atoms with Gasteiger partial charge in [-0.15, -0.1) is 0 Å². The fraction of sp³-hybridized carbons (Fsp3) is 0.208. The molecule has 0 saturated heterocycles. The van der Waals surface area contributed by atoms with Crippen LogP contribution in [0.2, 0.25) is 0 Å². The van der Waals surface area contributed by atoms with Crippen LogP contribution in [0.4, 0.5) is 5.82 Å². The van der Waals surface area contributed by atoms with E-state index < -0.39 is 0 Å². The maximum absolute atomic E-state index is 4.78. The Labute approximate surface area is 164 Å². The van der Waals surface area contributed by atoms with Gasteiger partial charge >= 0.3 is 0 Å². The lowest BCUT2D eigenvalue weighted by Crippen LogP contribution is -2.31. The molecule has 0 unspecified atom stereocenters. The van der Waals surface area contributed by atoms with E-state index in [2.05, 4.69) is 77.2 Å². The van der Waals surface area contributed by atoms with Gasteiger partial charge in [0.15, 0.2) is 0 Å². The van der Waals surface area contributed by atoms with Crippen molar-refractivity contribution in [2.45, 2.75) is 26.8 Å². The predicted octanol–water partition coefficient (Wildman–Crippen LogP) is 4.87. The number of rotatable bonds is 2. The number of aryl methyl sites for hydroxylation is 2. The van der Waals surface area contributed by atoms with Crippen LogP contribution >= 0.6 is 0 Å². The summed E-state index contributed by atoms with van der Waals surface area (Å²) in [4.78, 5) is 16.2. The molecule has 4 heteroatoms.